The second-order valence-electron chi connectivity index (χ2n) is 5.81. The Hall–Kier alpha value is -2.04. The van der Waals surface area contributed by atoms with Gasteiger partial charge < -0.3 is 4.74 Å². The fraction of sp³-hybridized carbons (Fsp3) is 0.500. The van der Waals surface area contributed by atoms with E-state index in [0.29, 0.717) is 6.54 Å². The molecule has 1 atom stereocenters. The van der Waals surface area contributed by atoms with Crippen LogP contribution in [0.5, 0.6) is 6.01 Å². The molecule has 0 bridgehead atoms. The minimum Gasteiger partial charge on any atom is -0.457 e. The first-order valence-electron chi connectivity index (χ1n) is 7.51. The number of fused-ring (bicyclic) bond motifs is 1. The van der Waals surface area contributed by atoms with Crippen LogP contribution < -0.4 is 4.74 Å². The van der Waals surface area contributed by atoms with Gasteiger partial charge in [-0.1, -0.05) is 0 Å². The molecule has 0 amide bonds. The third kappa shape index (κ3) is 3.40. The largest absolute Gasteiger partial charge is 0.457 e. The molecule has 1 aliphatic rings. The molecule has 0 radical (unpaired) electrons. The number of aromatic nitrogens is 4. The summed E-state index contributed by atoms with van der Waals surface area (Å²) >= 11 is 0. The number of ether oxygens (including phenoxy) is 1. The van der Waals surface area contributed by atoms with Crippen molar-refractivity contribution < 1.29 is 13.2 Å². The minimum atomic E-state index is -3.57. The van der Waals surface area contributed by atoms with Gasteiger partial charge in [0.2, 0.25) is 0 Å². The molecule has 0 saturated carbocycles. The van der Waals surface area contributed by atoms with Crippen molar-refractivity contribution in [3.63, 3.8) is 0 Å². The zero-order chi connectivity index (χ0) is 17.3. The monoisotopic (exact) mass is 352 g/mol. The SMILES string of the molecule is Cc1ccnc(O[C@H]2CN(S(=O)(=O)N(C)C)Cc3ccnn3C2)n1. The fourth-order valence-electron chi connectivity index (χ4n) is 2.49. The van der Waals surface area contributed by atoms with Crippen LogP contribution in [0.2, 0.25) is 0 Å². The Morgan fingerprint density at radius 2 is 2.04 bits per heavy atom. The van der Waals surface area contributed by atoms with Crippen LogP contribution in [0.3, 0.4) is 0 Å². The van der Waals surface area contributed by atoms with E-state index in [0.717, 1.165) is 11.4 Å². The van der Waals surface area contributed by atoms with Gasteiger partial charge in [-0.2, -0.15) is 22.1 Å². The van der Waals surface area contributed by atoms with Gasteiger partial charge in [0, 0.05) is 32.2 Å². The van der Waals surface area contributed by atoms with Crippen LogP contribution in [0.1, 0.15) is 11.4 Å². The molecule has 0 spiro atoms. The van der Waals surface area contributed by atoms with Crippen LogP contribution in [-0.4, -0.2) is 63.5 Å². The van der Waals surface area contributed by atoms with Gasteiger partial charge in [-0.05, 0) is 19.1 Å². The zero-order valence-corrected chi connectivity index (χ0v) is 14.6. The summed E-state index contributed by atoms with van der Waals surface area (Å²) in [7, 11) is -0.551. The molecular formula is C14H20N6O3S. The average molecular weight is 352 g/mol. The predicted octanol–water partition coefficient (Wildman–Crippen LogP) is 0.0511. The zero-order valence-electron chi connectivity index (χ0n) is 13.8. The van der Waals surface area contributed by atoms with Crippen LogP contribution in [0.4, 0.5) is 0 Å². The molecule has 0 aliphatic carbocycles. The van der Waals surface area contributed by atoms with E-state index in [9.17, 15) is 8.42 Å². The molecule has 10 heteroatoms. The normalized spacial score (nSPS) is 19.1. The quantitative estimate of drug-likeness (QED) is 0.772. The number of nitrogens with zero attached hydrogens (tertiary/aromatic N) is 6. The molecular weight excluding hydrogens is 332 g/mol. The van der Waals surface area contributed by atoms with Gasteiger partial charge in [-0.3, -0.25) is 4.68 Å². The van der Waals surface area contributed by atoms with E-state index in [2.05, 4.69) is 15.1 Å². The van der Waals surface area contributed by atoms with Crippen molar-refractivity contribution in [2.24, 2.45) is 0 Å². The van der Waals surface area contributed by atoms with E-state index in [1.165, 1.54) is 22.7 Å². The second kappa shape index (κ2) is 6.46. The van der Waals surface area contributed by atoms with Crippen molar-refractivity contribution >= 4 is 10.2 Å². The average Bonchev–Trinajstić information content (AvgIpc) is 2.86. The summed E-state index contributed by atoms with van der Waals surface area (Å²) in [4.78, 5) is 8.31. The van der Waals surface area contributed by atoms with Gasteiger partial charge in [0.25, 0.3) is 10.2 Å². The Labute approximate surface area is 141 Å². The molecule has 3 heterocycles. The summed E-state index contributed by atoms with van der Waals surface area (Å²) in [6.45, 7) is 2.71. The summed E-state index contributed by atoms with van der Waals surface area (Å²) in [6.07, 6.45) is 2.83. The first kappa shape index (κ1) is 16.8. The van der Waals surface area contributed by atoms with Crippen LogP contribution in [0.15, 0.2) is 24.5 Å². The van der Waals surface area contributed by atoms with Crippen molar-refractivity contribution in [1.29, 1.82) is 0 Å². The minimum absolute atomic E-state index is 0.196. The Morgan fingerprint density at radius 3 is 2.75 bits per heavy atom. The summed E-state index contributed by atoms with van der Waals surface area (Å²) in [6, 6.07) is 3.82. The smallest absolute Gasteiger partial charge is 0.316 e. The van der Waals surface area contributed by atoms with Gasteiger partial charge in [-0.15, -0.1) is 0 Å². The lowest BCUT2D eigenvalue weighted by Crippen LogP contribution is -2.44. The molecule has 3 rings (SSSR count). The number of hydrogen-bond acceptors (Lipinski definition) is 6. The van der Waals surface area contributed by atoms with Gasteiger partial charge in [-0.25, -0.2) is 9.97 Å². The Kier molecular flexibility index (Phi) is 4.52. The topological polar surface area (TPSA) is 93.5 Å². The van der Waals surface area contributed by atoms with Crippen LogP contribution in [0, 0.1) is 6.92 Å². The van der Waals surface area contributed by atoms with Crippen LogP contribution in [0.25, 0.3) is 0 Å². The highest BCUT2D eigenvalue weighted by atomic mass is 32.2. The molecule has 0 fully saturated rings. The standard InChI is InChI=1S/C14H20N6O3S/c1-11-4-6-15-14(17-11)23-13-9-19(24(21,22)18(2)3)8-12-5-7-16-20(12)10-13/h4-7,13H,8-10H2,1-3H3/t13-/m0/s1. The van der Waals surface area contributed by atoms with E-state index >= 15 is 0 Å². The maximum atomic E-state index is 12.6. The van der Waals surface area contributed by atoms with Crippen molar-refractivity contribution in [2.75, 3.05) is 20.6 Å². The van der Waals surface area contributed by atoms with Crippen molar-refractivity contribution in [3.05, 3.63) is 35.9 Å². The molecule has 130 valence electrons. The summed E-state index contributed by atoms with van der Waals surface area (Å²) in [5, 5.41) is 4.25. The first-order chi connectivity index (χ1) is 11.4. The van der Waals surface area contributed by atoms with Gasteiger partial charge >= 0.3 is 6.01 Å². The molecule has 0 aromatic carbocycles. The summed E-state index contributed by atoms with van der Waals surface area (Å²) < 4.78 is 35.3. The molecule has 1 aliphatic heterocycles. The molecule has 0 unspecified atom stereocenters. The Morgan fingerprint density at radius 1 is 1.25 bits per heavy atom. The lowest BCUT2D eigenvalue weighted by atomic mass is 10.3. The number of aryl methyl sites for hydroxylation is 1. The molecule has 0 N–H and O–H groups in total. The number of rotatable bonds is 4. The maximum Gasteiger partial charge on any atom is 0.316 e. The van der Waals surface area contributed by atoms with E-state index in [1.54, 1.807) is 23.1 Å². The third-order valence-corrected chi connectivity index (χ3v) is 5.61. The molecule has 2 aromatic heterocycles. The highest BCUT2D eigenvalue weighted by Crippen LogP contribution is 2.19. The van der Waals surface area contributed by atoms with E-state index in [4.69, 9.17) is 4.74 Å². The van der Waals surface area contributed by atoms with Crippen molar-refractivity contribution in [1.82, 2.24) is 28.4 Å². The van der Waals surface area contributed by atoms with Gasteiger partial charge in [0.1, 0.15) is 6.10 Å². The van der Waals surface area contributed by atoms with Crippen LogP contribution in [-0.2, 0) is 23.3 Å². The lowest BCUT2D eigenvalue weighted by Gasteiger charge is -2.26. The first-order valence-corrected chi connectivity index (χ1v) is 8.90. The summed E-state index contributed by atoms with van der Waals surface area (Å²) in [5.74, 6) is 0. The molecule has 0 saturated heterocycles. The Bertz CT molecular complexity index is 819. The summed E-state index contributed by atoms with van der Waals surface area (Å²) in [5.41, 5.74) is 1.60. The van der Waals surface area contributed by atoms with E-state index in [-0.39, 0.29) is 19.1 Å². The third-order valence-electron chi connectivity index (χ3n) is 3.76. The van der Waals surface area contributed by atoms with E-state index < -0.39 is 16.3 Å². The maximum absolute atomic E-state index is 12.6. The van der Waals surface area contributed by atoms with E-state index in [1.807, 2.05) is 13.0 Å². The van der Waals surface area contributed by atoms with Crippen LogP contribution >= 0.6 is 0 Å². The Balaban J connectivity index is 1.89. The number of hydrogen-bond donors (Lipinski definition) is 0. The van der Waals surface area contributed by atoms with Gasteiger partial charge in [0.05, 0.1) is 25.3 Å². The highest BCUT2D eigenvalue weighted by molar-refractivity contribution is 7.86. The lowest BCUT2D eigenvalue weighted by molar-refractivity contribution is 0.142. The highest BCUT2D eigenvalue weighted by Gasteiger charge is 2.32. The second-order valence-corrected chi connectivity index (χ2v) is 7.95. The molecule has 24 heavy (non-hydrogen) atoms. The van der Waals surface area contributed by atoms with Gasteiger partial charge in [0.15, 0.2) is 0 Å². The van der Waals surface area contributed by atoms with Crippen molar-refractivity contribution in [3.8, 4) is 6.01 Å². The molecule has 2 aromatic rings. The van der Waals surface area contributed by atoms with Crippen molar-refractivity contribution in [2.45, 2.75) is 26.1 Å². The predicted molar refractivity (Wildman–Crippen MR) is 86.4 cm³/mol. The molecule has 9 nitrogen and oxygen atoms in total. The fourth-order valence-corrected chi connectivity index (χ4v) is 3.61.